The Morgan fingerprint density at radius 3 is 1.12 bits per heavy atom. The summed E-state index contributed by atoms with van der Waals surface area (Å²) in [5, 5.41) is 0. The summed E-state index contributed by atoms with van der Waals surface area (Å²) in [4.78, 5) is 25.6. The molecular formula is H2O5PRbTi+2. The molecule has 5 nitrogen and oxygen atoms in total. The van der Waals surface area contributed by atoms with Gasteiger partial charge in [0.25, 0.3) is 0 Å². The summed E-state index contributed by atoms with van der Waals surface area (Å²) in [6.07, 6.45) is 0. The van der Waals surface area contributed by atoms with Gasteiger partial charge in [-0.3, -0.25) is 0 Å². The predicted molar refractivity (Wildman–Crippen MR) is 11.2 cm³/mol. The molecule has 8 heavy (non-hydrogen) atoms. The first-order valence-electron chi connectivity index (χ1n) is 0.730. The summed E-state index contributed by atoms with van der Waals surface area (Å²) in [5.41, 5.74) is 0. The van der Waals surface area contributed by atoms with Crippen molar-refractivity contribution in [3.8, 4) is 0 Å². The molecule has 0 atom stereocenters. The summed E-state index contributed by atoms with van der Waals surface area (Å²) >= 11 is 0. The maximum absolute atomic E-state index is 8.55. The third-order valence-corrected chi connectivity index (χ3v) is 0. The first kappa shape index (κ1) is 22.4. The Hall–Kier alpha value is 2.59. The zero-order chi connectivity index (χ0) is 4.50. The topological polar surface area (TPSA) is 118 Å². The van der Waals surface area contributed by atoms with Gasteiger partial charge in [-0.25, -0.2) is 0 Å². The minimum atomic E-state index is -5.39. The van der Waals surface area contributed by atoms with Gasteiger partial charge in [0.15, 0.2) is 0 Å². The Morgan fingerprint density at radius 1 is 1.12 bits per heavy atom. The molecule has 0 aliphatic rings. The molecule has 0 bridgehead atoms. The van der Waals surface area contributed by atoms with Crippen LogP contribution >= 0.6 is 7.82 Å². The van der Waals surface area contributed by atoms with E-state index in [1.54, 1.807) is 0 Å². The molecule has 0 aromatic carbocycles. The van der Waals surface area contributed by atoms with Crippen molar-refractivity contribution in [2.75, 3.05) is 0 Å². The molecule has 0 rings (SSSR count). The van der Waals surface area contributed by atoms with E-state index in [0.717, 1.165) is 0 Å². The monoisotopic (exact) mass is 246 g/mol. The summed E-state index contributed by atoms with van der Waals surface area (Å²) in [6, 6.07) is 0. The summed E-state index contributed by atoms with van der Waals surface area (Å²) < 4.78 is 8.55. The normalized spacial score (nSPS) is 7.38. The van der Waals surface area contributed by atoms with Gasteiger partial charge in [-0.1, -0.05) is 0 Å². The van der Waals surface area contributed by atoms with Crippen LogP contribution < -0.4 is 72.9 Å². The summed E-state index contributed by atoms with van der Waals surface area (Å²) in [7, 11) is -5.39. The molecule has 0 heterocycles. The van der Waals surface area contributed by atoms with Crippen molar-refractivity contribution < 1.29 is 105 Å². The molecule has 0 aromatic heterocycles. The van der Waals surface area contributed by atoms with Crippen LogP contribution in [-0.2, 0) is 26.3 Å². The molecule has 0 radical (unpaired) electrons. The number of hydrogen-bond acceptors (Lipinski definition) is 4. The number of phosphoric acid groups is 1. The minimum absolute atomic E-state index is 0. The molecular weight excluding hydrogens is 244 g/mol. The average molecular weight is 246 g/mol. The fourth-order valence-corrected chi connectivity index (χ4v) is 0. The van der Waals surface area contributed by atoms with E-state index in [9.17, 15) is 0 Å². The molecule has 0 saturated carbocycles. The molecule has 40 valence electrons. The van der Waals surface area contributed by atoms with Gasteiger partial charge in [0, 0.05) is 0 Å². The van der Waals surface area contributed by atoms with Crippen molar-refractivity contribution in [3.63, 3.8) is 0 Å². The van der Waals surface area contributed by atoms with Crippen LogP contribution in [0.1, 0.15) is 0 Å². The third kappa shape index (κ3) is 73.8. The minimum Gasteiger partial charge on any atom is -0.822 e. The summed E-state index contributed by atoms with van der Waals surface area (Å²) in [6.45, 7) is 0. The Kier molecular flexibility index (Phi) is 26.9. The maximum atomic E-state index is 8.55. The SMILES string of the molecule is O.O=P([O-])([O-])[O-].[Rb+].[Ti+4]. The van der Waals surface area contributed by atoms with E-state index >= 15 is 0 Å². The van der Waals surface area contributed by atoms with Gasteiger partial charge >= 0.3 is 79.9 Å². The van der Waals surface area contributed by atoms with Crippen LogP contribution in [0.15, 0.2) is 0 Å². The average Bonchev–Trinajstić information content (AvgIpc) is 0.722. The van der Waals surface area contributed by atoms with E-state index in [4.69, 9.17) is 19.2 Å². The van der Waals surface area contributed by atoms with E-state index < -0.39 is 7.82 Å². The first-order chi connectivity index (χ1) is 2.00. The fourth-order valence-electron chi connectivity index (χ4n) is 0. The van der Waals surface area contributed by atoms with Crippen LogP contribution in [0, 0.1) is 0 Å². The number of rotatable bonds is 0. The summed E-state index contributed by atoms with van der Waals surface area (Å²) in [5.74, 6) is 0. The van der Waals surface area contributed by atoms with Gasteiger partial charge in [-0.15, -0.1) is 0 Å². The van der Waals surface area contributed by atoms with Crippen LogP contribution in [0.4, 0.5) is 0 Å². The molecule has 0 unspecified atom stereocenters. The van der Waals surface area contributed by atoms with Gasteiger partial charge < -0.3 is 24.7 Å². The second-order valence-electron chi connectivity index (χ2n) is 0.447. The van der Waals surface area contributed by atoms with Crippen LogP contribution in [-0.4, -0.2) is 5.48 Å². The van der Waals surface area contributed by atoms with Gasteiger partial charge in [0.05, 0.1) is 0 Å². The van der Waals surface area contributed by atoms with E-state index in [1.165, 1.54) is 0 Å². The standard InChI is InChI=1S/H3O4P.H2O.Rb.Ti/c1-5(2,3)4;;;/h(H3,1,2,3,4);1H2;;/q;;+1;+4/p-3. The van der Waals surface area contributed by atoms with E-state index in [-0.39, 0.29) is 85.4 Å². The zero-order valence-electron chi connectivity index (χ0n) is 4.08. The van der Waals surface area contributed by atoms with Crippen LogP contribution in [0.2, 0.25) is 0 Å². The van der Waals surface area contributed by atoms with Crippen LogP contribution in [0.5, 0.6) is 0 Å². The Bertz CT molecular complexity index is 58.6. The van der Waals surface area contributed by atoms with E-state index in [1.807, 2.05) is 0 Å². The molecule has 0 fully saturated rings. The Labute approximate surface area is 110 Å². The predicted octanol–water partition coefficient (Wildman–Crippen LogP) is -6.65. The maximum Gasteiger partial charge on any atom is 4.00 e. The van der Waals surface area contributed by atoms with Crippen molar-refractivity contribution in [1.29, 1.82) is 0 Å². The zero-order valence-corrected chi connectivity index (χ0v) is 11.5. The van der Waals surface area contributed by atoms with Crippen molar-refractivity contribution in [2.45, 2.75) is 0 Å². The number of hydrogen-bond donors (Lipinski definition) is 0. The second kappa shape index (κ2) is 9.59. The molecule has 0 aliphatic heterocycles. The molecule has 0 spiro atoms. The largest absolute Gasteiger partial charge is 4.00 e. The fraction of sp³-hybridized carbons (Fsp3) is 0. The van der Waals surface area contributed by atoms with Gasteiger partial charge in [-0.05, 0) is 0 Å². The third-order valence-electron chi connectivity index (χ3n) is 0. The van der Waals surface area contributed by atoms with E-state index in [0.29, 0.717) is 0 Å². The second-order valence-corrected chi connectivity index (χ2v) is 1.34. The smallest absolute Gasteiger partial charge is 0.822 e. The van der Waals surface area contributed by atoms with Gasteiger partial charge in [0.2, 0.25) is 0 Å². The van der Waals surface area contributed by atoms with Crippen molar-refractivity contribution in [2.24, 2.45) is 0 Å². The molecule has 0 aliphatic carbocycles. The molecule has 2 N–H and O–H groups in total. The van der Waals surface area contributed by atoms with E-state index in [2.05, 4.69) is 0 Å². The van der Waals surface area contributed by atoms with Crippen LogP contribution in [0.25, 0.3) is 0 Å². The molecule has 8 heteroatoms. The van der Waals surface area contributed by atoms with Crippen molar-refractivity contribution in [1.82, 2.24) is 0 Å². The molecule has 0 aromatic rings. The van der Waals surface area contributed by atoms with Gasteiger partial charge in [-0.2, -0.15) is 7.82 Å². The van der Waals surface area contributed by atoms with Crippen LogP contribution in [0.3, 0.4) is 0 Å². The Balaban J connectivity index is -0.0000000267. The van der Waals surface area contributed by atoms with Gasteiger partial charge in [0.1, 0.15) is 0 Å². The van der Waals surface area contributed by atoms with Crippen molar-refractivity contribution in [3.05, 3.63) is 0 Å². The molecule has 0 saturated heterocycles. The molecule has 0 amide bonds. The first-order valence-corrected chi connectivity index (χ1v) is 2.19. The van der Waals surface area contributed by atoms with Crippen molar-refractivity contribution >= 4 is 7.82 Å². The Morgan fingerprint density at radius 2 is 1.12 bits per heavy atom. The quantitative estimate of drug-likeness (QED) is 0.312.